The first-order valence-electron chi connectivity index (χ1n) is 15.1. The summed E-state index contributed by atoms with van der Waals surface area (Å²) < 4.78 is 0. The van der Waals surface area contributed by atoms with Crippen molar-refractivity contribution in [1.82, 2.24) is 4.90 Å². The largest absolute Gasteiger partial charge is 0.302 e. The highest BCUT2D eigenvalue weighted by Gasteiger charge is 2.02. The van der Waals surface area contributed by atoms with Crippen molar-refractivity contribution in [1.29, 1.82) is 0 Å². The standard InChI is InChI=1S/C34H55N/c1-3-4-5-6-7-8-9-10-11-12-13-14-15-16-17-18-19-23-30-35(2)31-32-26-28-34(29-27-32)33-24-21-20-22-25-33/h20-22,24-29H,3-19,23,30-31H2,1-2H3. The van der Waals surface area contributed by atoms with Crippen molar-refractivity contribution >= 4 is 0 Å². The summed E-state index contributed by atoms with van der Waals surface area (Å²) >= 11 is 0. The van der Waals surface area contributed by atoms with Crippen molar-refractivity contribution in [3.05, 3.63) is 60.2 Å². The number of hydrogen-bond donors (Lipinski definition) is 0. The van der Waals surface area contributed by atoms with Gasteiger partial charge in [0.15, 0.2) is 0 Å². The molecule has 0 saturated heterocycles. The molecule has 0 aliphatic heterocycles. The van der Waals surface area contributed by atoms with Gasteiger partial charge in [-0.2, -0.15) is 0 Å². The van der Waals surface area contributed by atoms with Gasteiger partial charge >= 0.3 is 0 Å². The van der Waals surface area contributed by atoms with Gasteiger partial charge in [-0.1, -0.05) is 171 Å². The van der Waals surface area contributed by atoms with Crippen molar-refractivity contribution in [2.75, 3.05) is 13.6 Å². The maximum atomic E-state index is 2.48. The predicted octanol–water partition coefficient (Wildman–Crippen LogP) is 10.8. The summed E-state index contributed by atoms with van der Waals surface area (Å²) in [5.74, 6) is 0. The molecule has 1 nitrogen and oxygen atoms in total. The van der Waals surface area contributed by atoms with Gasteiger partial charge in [-0.05, 0) is 36.7 Å². The molecule has 35 heavy (non-hydrogen) atoms. The molecule has 0 unspecified atom stereocenters. The molecule has 0 heterocycles. The minimum Gasteiger partial charge on any atom is -0.302 e. The molecule has 1 heteroatoms. The summed E-state index contributed by atoms with van der Waals surface area (Å²) in [5, 5.41) is 0. The molecule has 0 aliphatic rings. The van der Waals surface area contributed by atoms with Crippen LogP contribution in [0, 0.1) is 0 Å². The summed E-state index contributed by atoms with van der Waals surface area (Å²) in [6.45, 7) is 4.56. The van der Waals surface area contributed by atoms with E-state index >= 15 is 0 Å². The molecule has 2 aromatic carbocycles. The number of nitrogens with zero attached hydrogens (tertiary/aromatic N) is 1. The Morgan fingerprint density at radius 3 is 1.31 bits per heavy atom. The Morgan fingerprint density at radius 1 is 0.457 bits per heavy atom. The molecule has 0 aromatic heterocycles. The van der Waals surface area contributed by atoms with E-state index in [-0.39, 0.29) is 0 Å². The first kappa shape index (κ1) is 29.6. The Kier molecular flexibility index (Phi) is 17.4. The van der Waals surface area contributed by atoms with Gasteiger partial charge in [0, 0.05) is 6.54 Å². The first-order valence-corrected chi connectivity index (χ1v) is 15.1. The molecular weight excluding hydrogens is 422 g/mol. The molecule has 0 spiro atoms. The van der Waals surface area contributed by atoms with E-state index in [9.17, 15) is 0 Å². The molecule has 0 bridgehead atoms. The fourth-order valence-corrected chi connectivity index (χ4v) is 5.11. The van der Waals surface area contributed by atoms with Crippen LogP contribution in [-0.2, 0) is 6.54 Å². The molecule has 0 amide bonds. The van der Waals surface area contributed by atoms with Gasteiger partial charge in [0.25, 0.3) is 0 Å². The van der Waals surface area contributed by atoms with Crippen LogP contribution in [0.2, 0.25) is 0 Å². The summed E-state index contributed by atoms with van der Waals surface area (Å²) in [4.78, 5) is 2.48. The lowest BCUT2D eigenvalue weighted by Crippen LogP contribution is -2.19. The summed E-state index contributed by atoms with van der Waals surface area (Å²) in [6, 6.07) is 19.7. The van der Waals surface area contributed by atoms with E-state index in [0.29, 0.717) is 0 Å². The van der Waals surface area contributed by atoms with E-state index in [1.54, 1.807) is 0 Å². The first-order chi connectivity index (χ1) is 17.3. The Balaban J connectivity index is 1.35. The zero-order chi connectivity index (χ0) is 24.8. The average Bonchev–Trinajstić information content (AvgIpc) is 2.89. The maximum Gasteiger partial charge on any atom is 0.0230 e. The molecule has 196 valence electrons. The summed E-state index contributed by atoms with van der Waals surface area (Å²) in [7, 11) is 2.26. The predicted molar refractivity (Wildman–Crippen MR) is 157 cm³/mol. The van der Waals surface area contributed by atoms with Crippen LogP contribution in [0.5, 0.6) is 0 Å². The Bertz CT molecular complexity index is 705. The van der Waals surface area contributed by atoms with Gasteiger partial charge in [0.2, 0.25) is 0 Å². The van der Waals surface area contributed by atoms with Gasteiger partial charge in [-0.15, -0.1) is 0 Å². The number of benzene rings is 2. The monoisotopic (exact) mass is 477 g/mol. The molecule has 2 rings (SSSR count). The Morgan fingerprint density at radius 2 is 0.857 bits per heavy atom. The van der Waals surface area contributed by atoms with Crippen molar-refractivity contribution in [3.63, 3.8) is 0 Å². The van der Waals surface area contributed by atoms with Crippen LogP contribution in [0.3, 0.4) is 0 Å². The third-order valence-electron chi connectivity index (χ3n) is 7.41. The SMILES string of the molecule is CCCCCCCCCCCCCCCCCCCCN(C)Cc1ccc(-c2ccccc2)cc1. The summed E-state index contributed by atoms with van der Waals surface area (Å²) in [6.07, 6.45) is 25.9. The van der Waals surface area contributed by atoms with Crippen LogP contribution in [-0.4, -0.2) is 18.5 Å². The zero-order valence-corrected chi connectivity index (χ0v) is 23.3. The van der Waals surface area contributed by atoms with Gasteiger partial charge in [-0.25, -0.2) is 0 Å². The normalized spacial score (nSPS) is 11.4. The van der Waals surface area contributed by atoms with Crippen molar-refractivity contribution < 1.29 is 0 Å². The second kappa shape index (κ2) is 20.6. The highest BCUT2D eigenvalue weighted by atomic mass is 15.1. The molecule has 2 aromatic rings. The molecule has 0 saturated carbocycles. The molecule has 0 N–H and O–H groups in total. The van der Waals surface area contributed by atoms with E-state index in [4.69, 9.17) is 0 Å². The number of unbranched alkanes of at least 4 members (excludes halogenated alkanes) is 17. The lowest BCUT2D eigenvalue weighted by molar-refractivity contribution is 0.316. The maximum absolute atomic E-state index is 2.48. The third kappa shape index (κ3) is 15.2. The lowest BCUT2D eigenvalue weighted by Gasteiger charge is -2.17. The Hall–Kier alpha value is -1.60. The van der Waals surface area contributed by atoms with Gasteiger partial charge in [-0.3, -0.25) is 0 Å². The second-order valence-corrected chi connectivity index (χ2v) is 10.8. The quantitative estimate of drug-likeness (QED) is 0.152. The van der Waals surface area contributed by atoms with E-state index < -0.39 is 0 Å². The third-order valence-corrected chi connectivity index (χ3v) is 7.41. The average molecular weight is 478 g/mol. The molecular formula is C34H55N. The zero-order valence-electron chi connectivity index (χ0n) is 23.3. The molecule has 0 atom stereocenters. The van der Waals surface area contributed by atoms with Crippen LogP contribution < -0.4 is 0 Å². The van der Waals surface area contributed by atoms with Crippen LogP contribution in [0.25, 0.3) is 11.1 Å². The van der Waals surface area contributed by atoms with Gasteiger partial charge < -0.3 is 4.90 Å². The smallest absolute Gasteiger partial charge is 0.0230 e. The molecule has 0 radical (unpaired) electrons. The van der Waals surface area contributed by atoms with Crippen molar-refractivity contribution in [2.24, 2.45) is 0 Å². The van der Waals surface area contributed by atoms with E-state index in [0.717, 1.165) is 6.54 Å². The van der Waals surface area contributed by atoms with Crippen LogP contribution in [0.4, 0.5) is 0 Å². The van der Waals surface area contributed by atoms with Crippen LogP contribution >= 0.6 is 0 Å². The molecule has 0 aliphatic carbocycles. The van der Waals surface area contributed by atoms with Gasteiger partial charge in [0.1, 0.15) is 0 Å². The van der Waals surface area contributed by atoms with Crippen LogP contribution in [0.1, 0.15) is 128 Å². The Labute approximate surface area is 218 Å². The molecule has 0 fully saturated rings. The minimum absolute atomic E-state index is 1.05. The fraction of sp³-hybridized carbons (Fsp3) is 0.647. The number of rotatable bonds is 22. The van der Waals surface area contributed by atoms with Crippen molar-refractivity contribution in [3.8, 4) is 11.1 Å². The lowest BCUT2D eigenvalue weighted by atomic mass is 10.0. The van der Waals surface area contributed by atoms with Crippen molar-refractivity contribution in [2.45, 2.75) is 129 Å². The highest BCUT2D eigenvalue weighted by molar-refractivity contribution is 5.63. The number of hydrogen-bond acceptors (Lipinski definition) is 1. The van der Waals surface area contributed by atoms with Crippen LogP contribution in [0.15, 0.2) is 54.6 Å². The second-order valence-electron chi connectivity index (χ2n) is 10.8. The summed E-state index contributed by atoms with van der Waals surface area (Å²) in [5.41, 5.74) is 4.02. The minimum atomic E-state index is 1.05. The highest BCUT2D eigenvalue weighted by Crippen LogP contribution is 2.20. The van der Waals surface area contributed by atoms with Gasteiger partial charge in [0.05, 0.1) is 0 Å². The topological polar surface area (TPSA) is 3.24 Å². The van der Waals surface area contributed by atoms with E-state index in [1.165, 1.54) is 139 Å². The fourth-order valence-electron chi connectivity index (χ4n) is 5.11. The van der Waals surface area contributed by atoms with E-state index in [2.05, 4.69) is 73.5 Å². The van der Waals surface area contributed by atoms with E-state index in [1.807, 2.05) is 0 Å².